The highest BCUT2D eigenvalue weighted by atomic mass is 35.5. The summed E-state index contributed by atoms with van der Waals surface area (Å²) < 4.78 is 38.6. The number of anilines is 1. The fraction of sp³-hybridized carbons (Fsp3) is 0.467. The molecule has 1 atom stereocenters. The smallest absolute Gasteiger partial charge is 0.279 e. The fourth-order valence-electron chi connectivity index (χ4n) is 2.72. The maximum absolute atomic E-state index is 14.1. The Balaban J connectivity index is 2.06. The maximum atomic E-state index is 14.1. The number of rotatable bonds is 4. The average molecular weight is 359 g/mol. The molecule has 0 spiro atoms. The molecule has 1 unspecified atom stereocenters. The number of alkyl halides is 2. The molecule has 130 valence electrons. The van der Waals surface area contributed by atoms with Gasteiger partial charge in [-0.2, -0.15) is 0 Å². The van der Waals surface area contributed by atoms with E-state index >= 15 is 0 Å². The number of hydrogen-bond acceptors (Lipinski definition) is 6. The lowest BCUT2D eigenvalue weighted by atomic mass is 10.0. The molecule has 1 fully saturated rings. The van der Waals surface area contributed by atoms with E-state index < -0.39 is 12.0 Å². The van der Waals surface area contributed by atoms with Crippen LogP contribution in [0, 0.1) is 0 Å². The predicted octanol–water partition coefficient (Wildman–Crippen LogP) is 2.71. The zero-order chi connectivity index (χ0) is 17.3. The summed E-state index contributed by atoms with van der Waals surface area (Å²) in [5.74, 6) is -1.72. The second-order valence-corrected chi connectivity index (χ2v) is 5.83. The summed E-state index contributed by atoms with van der Waals surface area (Å²) in [6.45, 7) is 0.125. The molecular weight excluding hydrogens is 342 g/mol. The van der Waals surface area contributed by atoms with Crippen LogP contribution in [0.5, 0.6) is 11.5 Å². The number of hydrogen-bond donors (Lipinski definition) is 2. The first-order valence-electron chi connectivity index (χ1n) is 7.39. The quantitative estimate of drug-likeness (QED) is 0.819. The summed E-state index contributed by atoms with van der Waals surface area (Å²) in [5.41, 5.74) is 0.479. The van der Waals surface area contributed by atoms with Gasteiger partial charge in [-0.1, -0.05) is 0 Å². The summed E-state index contributed by atoms with van der Waals surface area (Å²) in [7, 11) is 3.00. The van der Waals surface area contributed by atoms with Gasteiger partial charge in [0, 0.05) is 11.5 Å². The molecule has 24 heavy (non-hydrogen) atoms. The van der Waals surface area contributed by atoms with Gasteiger partial charge in [0.05, 0.1) is 32.3 Å². The van der Waals surface area contributed by atoms with Gasteiger partial charge in [0.1, 0.15) is 5.82 Å². The summed E-state index contributed by atoms with van der Waals surface area (Å²) in [6, 6.07) is 2.24. The number of benzene rings is 1. The normalized spacial score (nSPS) is 20.0. The third kappa shape index (κ3) is 3.16. The van der Waals surface area contributed by atoms with Gasteiger partial charge in [-0.05, 0) is 30.6 Å². The van der Waals surface area contributed by atoms with Gasteiger partial charge in [-0.15, -0.1) is 0 Å². The maximum Gasteiger partial charge on any atom is 0.279 e. The second-order valence-electron chi connectivity index (χ2n) is 5.49. The standard InChI is InChI=1S/C15H17ClF2N4O2/c1-23-10-5-8-9(6-11(10)24-2)20-14(16)22-13(8)21-12-3-4-19-7-15(12,17)18/h5-6,12,19H,3-4,7H2,1-2H3,(H,20,21,22). The molecule has 1 aliphatic rings. The molecule has 1 aromatic carbocycles. The molecule has 1 aromatic heterocycles. The molecule has 2 heterocycles. The van der Waals surface area contributed by atoms with Crippen molar-refractivity contribution in [1.29, 1.82) is 0 Å². The Labute approximate surface area is 142 Å². The Kier molecular flexibility index (Phi) is 4.60. The van der Waals surface area contributed by atoms with E-state index in [2.05, 4.69) is 20.6 Å². The number of nitrogens with zero attached hydrogens (tertiary/aromatic N) is 2. The third-order valence-corrected chi connectivity index (χ3v) is 4.13. The molecule has 2 aromatic rings. The van der Waals surface area contributed by atoms with E-state index in [1.807, 2.05) is 0 Å². The van der Waals surface area contributed by atoms with Crippen molar-refractivity contribution < 1.29 is 18.3 Å². The van der Waals surface area contributed by atoms with E-state index in [0.717, 1.165) is 0 Å². The Bertz CT molecular complexity index is 760. The first-order valence-corrected chi connectivity index (χ1v) is 7.77. The van der Waals surface area contributed by atoms with Crippen LogP contribution in [0.2, 0.25) is 5.28 Å². The van der Waals surface area contributed by atoms with Gasteiger partial charge in [-0.25, -0.2) is 18.7 Å². The van der Waals surface area contributed by atoms with Crippen LogP contribution < -0.4 is 20.1 Å². The van der Waals surface area contributed by atoms with E-state index in [0.29, 0.717) is 28.9 Å². The highest BCUT2D eigenvalue weighted by molar-refractivity contribution is 6.28. The van der Waals surface area contributed by atoms with E-state index in [1.54, 1.807) is 12.1 Å². The van der Waals surface area contributed by atoms with Gasteiger partial charge in [0.15, 0.2) is 11.5 Å². The van der Waals surface area contributed by atoms with Crippen LogP contribution in [0.25, 0.3) is 10.9 Å². The Morgan fingerprint density at radius 2 is 1.96 bits per heavy atom. The summed E-state index contributed by atoms with van der Waals surface area (Å²) in [4.78, 5) is 8.21. The van der Waals surface area contributed by atoms with Gasteiger partial charge < -0.3 is 20.1 Å². The number of aromatic nitrogens is 2. The lowest BCUT2D eigenvalue weighted by molar-refractivity contribution is -0.0322. The zero-order valence-electron chi connectivity index (χ0n) is 13.2. The first kappa shape index (κ1) is 16.9. The molecule has 1 saturated heterocycles. The van der Waals surface area contributed by atoms with Crippen LogP contribution in [-0.4, -0.2) is 49.2 Å². The molecule has 6 nitrogen and oxygen atoms in total. The molecule has 1 aliphatic heterocycles. The monoisotopic (exact) mass is 358 g/mol. The van der Waals surface area contributed by atoms with Gasteiger partial charge in [0.2, 0.25) is 5.28 Å². The molecule has 0 saturated carbocycles. The number of piperidine rings is 1. The Morgan fingerprint density at radius 3 is 2.62 bits per heavy atom. The topological polar surface area (TPSA) is 68.3 Å². The average Bonchev–Trinajstić information content (AvgIpc) is 2.55. The van der Waals surface area contributed by atoms with Crippen molar-refractivity contribution in [3.8, 4) is 11.5 Å². The van der Waals surface area contributed by atoms with Gasteiger partial charge in [-0.3, -0.25) is 0 Å². The number of methoxy groups -OCH3 is 2. The Hall–Kier alpha value is -1.93. The number of fused-ring (bicyclic) bond motifs is 1. The van der Waals surface area contributed by atoms with Crippen LogP contribution >= 0.6 is 11.6 Å². The summed E-state index contributed by atoms with van der Waals surface area (Å²) in [6.07, 6.45) is 0.267. The van der Waals surface area contributed by atoms with E-state index in [4.69, 9.17) is 21.1 Å². The second kappa shape index (κ2) is 6.52. The number of nitrogens with one attached hydrogen (secondary N) is 2. The highest BCUT2D eigenvalue weighted by Crippen LogP contribution is 2.36. The number of halogens is 3. The number of ether oxygens (including phenoxy) is 2. The Morgan fingerprint density at radius 1 is 1.25 bits per heavy atom. The predicted molar refractivity (Wildman–Crippen MR) is 87.5 cm³/mol. The summed E-state index contributed by atoms with van der Waals surface area (Å²) >= 11 is 5.95. The molecular formula is C15H17ClF2N4O2. The van der Waals surface area contributed by atoms with Crippen molar-refractivity contribution in [2.24, 2.45) is 0 Å². The van der Waals surface area contributed by atoms with E-state index in [1.165, 1.54) is 14.2 Å². The minimum absolute atomic E-state index is 0.0329. The van der Waals surface area contributed by atoms with Crippen LogP contribution in [-0.2, 0) is 0 Å². The van der Waals surface area contributed by atoms with E-state index in [9.17, 15) is 8.78 Å². The summed E-state index contributed by atoms with van der Waals surface area (Å²) in [5, 5.41) is 6.01. The lowest BCUT2D eigenvalue weighted by Crippen LogP contribution is -2.53. The van der Waals surface area contributed by atoms with Gasteiger partial charge in [0.25, 0.3) is 5.92 Å². The third-order valence-electron chi connectivity index (χ3n) is 3.97. The minimum atomic E-state index is -2.89. The molecule has 0 radical (unpaired) electrons. The minimum Gasteiger partial charge on any atom is -0.493 e. The van der Waals surface area contributed by atoms with Crippen LogP contribution in [0.15, 0.2) is 12.1 Å². The van der Waals surface area contributed by atoms with Crippen molar-refractivity contribution in [1.82, 2.24) is 15.3 Å². The SMILES string of the molecule is COc1cc2nc(Cl)nc(NC3CCNCC3(F)F)c2cc1OC. The molecule has 0 amide bonds. The van der Waals surface area contributed by atoms with Crippen molar-refractivity contribution in [2.75, 3.05) is 32.6 Å². The van der Waals surface area contributed by atoms with Crippen LogP contribution in [0.4, 0.5) is 14.6 Å². The zero-order valence-corrected chi connectivity index (χ0v) is 14.0. The van der Waals surface area contributed by atoms with Crippen molar-refractivity contribution in [3.05, 3.63) is 17.4 Å². The molecule has 0 bridgehead atoms. The van der Waals surface area contributed by atoms with Gasteiger partial charge >= 0.3 is 0 Å². The first-order chi connectivity index (χ1) is 11.4. The highest BCUT2D eigenvalue weighted by Gasteiger charge is 2.42. The lowest BCUT2D eigenvalue weighted by Gasteiger charge is -2.33. The van der Waals surface area contributed by atoms with Crippen molar-refractivity contribution in [2.45, 2.75) is 18.4 Å². The van der Waals surface area contributed by atoms with Crippen LogP contribution in [0.3, 0.4) is 0 Å². The fourth-order valence-corrected chi connectivity index (χ4v) is 2.89. The van der Waals surface area contributed by atoms with Crippen LogP contribution in [0.1, 0.15) is 6.42 Å². The largest absolute Gasteiger partial charge is 0.493 e. The molecule has 0 aliphatic carbocycles. The van der Waals surface area contributed by atoms with E-state index in [-0.39, 0.29) is 24.1 Å². The van der Waals surface area contributed by atoms with Crippen molar-refractivity contribution >= 4 is 28.3 Å². The molecule has 9 heteroatoms. The molecule has 2 N–H and O–H groups in total. The molecule has 3 rings (SSSR count). The van der Waals surface area contributed by atoms with Crippen molar-refractivity contribution in [3.63, 3.8) is 0 Å².